The fourth-order valence-electron chi connectivity index (χ4n) is 2.20. The average Bonchev–Trinajstić information content (AvgIpc) is 2.40. The molecular formula is C13H18N2O2. The fraction of sp³-hybridized carbons (Fsp3) is 0.538. The molecule has 1 atom stereocenters. The summed E-state index contributed by atoms with van der Waals surface area (Å²) >= 11 is 0. The average molecular weight is 234 g/mol. The Balaban J connectivity index is 2.10. The highest BCUT2D eigenvalue weighted by Gasteiger charge is 2.24. The van der Waals surface area contributed by atoms with Gasteiger partial charge in [0.15, 0.2) is 0 Å². The minimum Gasteiger partial charge on any atom is -0.494 e. The van der Waals surface area contributed by atoms with E-state index in [-0.39, 0.29) is 6.04 Å². The molecule has 0 aromatic carbocycles. The number of nitrogens with one attached hydrogen (secondary N) is 1. The fourth-order valence-corrected chi connectivity index (χ4v) is 2.20. The maximum Gasteiger partial charge on any atom is 0.130 e. The van der Waals surface area contributed by atoms with Crippen molar-refractivity contribution in [2.45, 2.75) is 13.0 Å². The van der Waals surface area contributed by atoms with Crippen molar-refractivity contribution in [2.24, 2.45) is 0 Å². The molecule has 1 aliphatic heterocycles. The smallest absolute Gasteiger partial charge is 0.130 e. The maximum atomic E-state index is 11.0. The lowest BCUT2D eigenvalue weighted by atomic mass is 10.0. The Kier molecular flexibility index (Phi) is 4.15. The van der Waals surface area contributed by atoms with E-state index in [1.807, 2.05) is 25.0 Å². The SMILES string of the molecule is CCOC1=CC(=C=O)C(N2CCNCC2)C=C1. The standard InChI is InChI=1S/C13H18N2O2/c1-2-17-12-3-4-13(11(9-12)10-16)15-7-5-14-6-8-15/h3-4,9,13-14H,2,5-8H2,1H3. The highest BCUT2D eigenvalue weighted by molar-refractivity contribution is 5.63. The Bertz CT molecular complexity index is 375. The second kappa shape index (κ2) is 5.82. The van der Waals surface area contributed by atoms with Gasteiger partial charge in [-0.25, -0.2) is 4.79 Å². The normalized spacial score (nSPS) is 25.4. The zero-order valence-corrected chi connectivity index (χ0v) is 10.1. The van der Waals surface area contributed by atoms with Crippen molar-refractivity contribution in [3.05, 3.63) is 29.6 Å². The summed E-state index contributed by atoms with van der Waals surface area (Å²) in [7, 11) is 0. The molecule has 1 N–H and O–H groups in total. The molecule has 0 saturated carbocycles. The number of hydrogen-bond acceptors (Lipinski definition) is 4. The van der Waals surface area contributed by atoms with Crippen molar-refractivity contribution in [1.29, 1.82) is 0 Å². The van der Waals surface area contributed by atoms with Gasteiger partial charge in [-0.15, -0.1) is 0 Å². The predicted octanol–water partition coefficient (Wildman–Crippen LogP) is 0.508. The lowest BCUT2D eigenvalue weighted by molar-refractivity contribution is 0.215. The van der Waals surface area contributed by atoms with Gasteiger partial charge in [-0.05, 0) is 19.1 Å². The third-order valence-corrected chi connectivity index (χ3v) is 3.03. The van der Waals surface area contributed by atoms with Crippen LogP contribution in [-0.2, 0) is 9.53 Å². The van der Waals surface area contributed by atoms with Crippen molar-refractivity contribution < 1.29 is 9.53 Å². The monoisotopic (exact) mass is 234 g/mol. The van der Waals surface area contributed by atoms with E-state index < -0.39 is 0 Å². The van der Waals surface area contributed by atoms with Gasteiger partial charge in [0.05, 0.1) is 18.2 Å². The molecular weight excluding hydrogens is 216 g/mol. The first-order valence-electron chi connectivity index (χ1n) is 6.07. The molecule has 0 bridgehead atoms. The summed E-state index contributed by atoms with van der Waals surface area (Å²) in [6.07, 6.45) is 5.76. The van der Waals surface area contributed by atoms with Crippen LogP contribution in [-0.4, -0.2) is 49.7 Å². The van der Waals surface area contributed by atoms with Crippen LogP contribution in [0.5, 0.6) is 0 Å². The molecule has 17 heavy (non-hydrogen) atoms. The summed E-state index contributed by atoms with van der Waals surface area (Å²) in [5.74, 6) is 2.78. The van der Waals surface area contributed by atoms with Crippen LogP contribution < -0.4 is 5.32 Å². The third-order valence-electron chi connectivity index (χ3n) is 3.03. The molecule has 92 valence electrons. The van der Waals surface area contributed by atoms with Crippen LogP contribution in [0.3, 0.4) is 0 Å². The van der Waals surface area contributed by atoms with Crippen LogP contribution in [0.1, 0.15) is 6.92 Å². The van der Waals surface area contributed by atoms with E-state index in [0.717, 1.165) is 31.9 Å². The van der Waals surface area contributed by atoms with Gasteiger partial charge in [-0.1, -0.05) is 6.08 Å². The second-order valence-corrected chi connectivity index (χ2v) is 4.13. The molecule has 1 heterocycles. The molecule has 1 saturated heterocycles. The first kappa shape index (κ1) is 12.1. The quantitative estimate of drug-likeness (QED) is 0.722. The van der Waals surface area contributed by atoms with E-state index in [1.165, 1.54) is 0 Å². The lowest BCUT2D eigenvalue weighted by Gasteiger charge is -2.34. The third kappa shape index (κ3) is 2.86. The van der Waals surface area contributed by atoms with Crippen LogP contribution in [0.2, 0.25) is 0 Å². The molecule has 2 rings (SSSR count). The number of hydrogen-bond donors (Lipinski definition) is 1. The van der Waals surface area contributed by atoms with E-state index in [2.05, 4.69) is 10.2 Å². The second-order valence-electron chi connectivity index (χ2n) is 4.13. The van der Waals surface area contributed by atoms with Gasteiger partial charge >= 0.3 is 0 Å². The lowest BCUT2D eigenvalue weighted by Crippen LogP contribution is -2.48. The predicted molar refractivity (Wildman–Crippen MR) is 66.3 cm³/mol. The zero-order valence-electron chi connectivity index (χ0n) is 10.1. The molecule has 0 radical (unpaired) electrons. The summed E-state index contributed by atoms with van der Waals surface area (Å²) < 4.78 is 5.39. The van der Waals surface area contributed by atoms with Crippen LogP contribution in [0, 0.1) is 0 Å². The first-order chi connectivity index (χ1) is 8.35. The number of nitrogens with zero attached hydrogens (tertiary/aromatic N) is 1. The maximum absolute atomic E-state index is 11.0. The molecule has 0 aromatic rings. The van der Waals surface area contributed by atoms with E-state index in [1.54, 1.807) is 6.08 Å². The molecule has 0 spiro atoms. The van der Waals surface area contributed by atoms with Crippen molar-refractivity contribution >= 4 is 5.94 Å². The summed E-state index contributed by atoms with van der Waals surface area (Å²) in [6, 6.07) is 0.0545. The van der Waals surface area contributed by atoms with Gasteiger partial charge in [-0.3, -0.25) is 4.90 Å². The zero-order chi connectivity index (χ0) is 12.1. The van der Waals surface area contributed by atoms with E-state index in [4.69, 9.17) is 4.74 Å². The molecule has 1 fully saturated rings. The van der Waals surface area contributed by atoms with Gasteiger partial charge in [0.25, 0.3) is 0 Å². The molecule has 1 unspecified atom stereocenters. The first-order valence-corrected chi connectivity index (χ1v) is 6.07. The molecule has 4 nitrogen and oxygen atoms in total. The van der Waals surface area contributed by atoms with E-state index >= 15 is 0 Å². The van der Waals surface area contributed by atoms with Crippen LogP contribution >= 0.6 is 0 Å². The van der Waals surface area contributed by atoms with Gasteiger partial charge in [0, 0.05) is 26.2 Å². The summed E-state index contributed by atoms with van der Waals surface area (Å²) in [5.41, 5.74) is 0.665. The molecule has 0 amide bonds. The van der Waals surface area contributed by atoms with Crippen molar-refractivity contribution in [2.75, 3.05) is 32.8 Å². The largest absolute Gasteiger partial charge is 0.494 e. The van der Waals surface area contributed by atoms with E-state index in [9.17, 15) is 4.79 Å². The van der Waals surface area contributed by atoms with Gasteiger partial charge < -0.3 is 10.1 Å². The van der Waals surface area contributed by atoms with Crippen LogP contribution in [0.4, 0.5) is 0 Å². The highest BCUT2D eigenvalue weighted by atomic mass is 16.5. The Morgan fingerprint density at radius 2 is 2.29 bits per heavy atom. The van der Waals surface area contributed by atoms with Crippen molar-refractivity contribution in [3.63, 3.8) is 0 Å². The van der Waals surface area contributed by atoms with Gasteiger partial charge in [-0.2, -0.15) is 0 Å². The van der Waals surface area contributed by atoms with Crippen LogP contribution in [0.15, 0.2) is 29.6 Å². The number of rotatable bonds is 3. The number of allylic oxidation sites excluding steroid dienone is 1. The highest BCUT2D eigenvalue weighted by Crippen LogP contribution is 2.20. The molecule has 2 aliphatic rings. The number of piperazine rings is 1. The van der Waals surface area contributed by atoms with Crippen molar-refractivity contribution in [3.8, 4) is 0 Å². The Hall–Kier alpha value is -1.35. The van der Waals surface area contributed by atoms with Gasteiger partial charge in [0.1, 0.15) is 11.7 Å². The Labute approximate surface area is 102 Å². The minimum atomic E-state index is 0.0545. The van der Waals surface area contributed by atoms with Crippen LogP contribution in [0.25, 0.3) is 0 Å². The summed E-state index contributed by atoms with van der Waals surface area (Å²) in [6.45, 7) is 6.40. The summed E-state index contributed by atoms with van der Waals surface area (Å²) in [5, 5.41) is 3.30. The Morgan fingerprint density at radius 1 is 1.53 bits per heavy atom. The Morgan fingerprint density at radius 3 is 2.94 bits per heavy atom. The minimum absolute atomic E-state index is 0.0545. The molecule has 4 heteroatoms. The van der Waals surface area contributed by atoms with E-state index in [0.29, 0.717) is 12.2 Å². The van der Waals surface area contributed by atoms with Gasteiger partial charge in [0.2, 0.25) is 0 Å². The van der Waals surface area contributed by atoms with Crippen molar-refractivity contribution in [1.82, 2.24) is 10.2 Å². The summed E-state index contributed by atoms with van der Waals surface area (Å²) in [4.78, 5) is 13.3. The molecule has 1 aliphatic carbocycles. The molecule has 0 aromatic heterocycles. The topological polar surface area (TPSA) is 41.6 Å². The number of ether oxygens (including phenoxy) is 1. The number of carbonyl (C=O) groups excluding carboxylic acids is 1.